The van der Waals surface area contributed by atoms with Crippen LogP contribution in [0, 0.1) is 0 Å². The molecule has 0 unspecified atom stereocenters. The molecule has 1 aromatic rings. The van der Waals surface area contributed by atoms with Crippen molar-refractivity contribution in [3.05, 3.63) is 35.4 Å². The highest BCUT2D eigenvalue weighted by Crippen LogP contribution is 2.18. The van der Waals surface area contributed by atoms with Gasteiger partial charge in [-0.3, -0.25) is 0 Å². The normalized spacial score (nSPS) is 16.9. The van der Waals surface area contributed by atoms with Crippen molar-refractivity contribution in [1.82, 2.24) is 4.31 Å². The summed E-state index contributed by atoms with van der Waals surface area (Å²) >= 11 is 0. The van der Waals surface area contributed by atoms with Crippen molar-refractivity contribution in [2.45, 2.75) is 11.9 Å². The number of esters is 1. The first-order chi connectivity index (χ1) is 8.92. The number of aliphatic hydroxyl groups excluding tert-OH is 1. The minimum atomic E-state index is -3.44. The summed E-state index contributed by atoms with van der Waals surface area (Å²) in [6, 6.07) is 6.32. The van der Waals surface area contributed by atoms with Gasteiger partial charge in [-0.25, -0.2) is 13.2 Å². The number of rotatable bonds is 4. The minimum absolute atomic E-state index is 0.138. The van der Waals surface area contributed by atoms with E-state index in [-0.39, 0.29) is 18.8 Å². The Morgan fingerprint density at radius 2 is 2.16 bits per heavy atom. The molecule has 0 aliphatic carbocycles. The molecule has 6 nitrogen and oxygen atoms in total. The van der Waals surface area contributed by atoms with E-state index in [0.717, 1.165) is 0 Å². The van der Waals surface area contributed by atoms with Crippen LogP contribution in [0.5, 0.6) is 0 Å². The van der Waals surface area contributed by atoms with E-state index in [0.29, 0.717) is 11.1 Å². The predicted octanol–water partition coefficient (Wildman–Crippen LogP) is -0.0205. The first-order valence-electron chi connectivity index (χ1n) is 5.75. The Balaban J connectivity index is 2.13. The van der Waals surface area contributed by atoms with E-state index in [4.69, 9.17) is 5.11 Å². The van der Waals surface area contributed by atoms with E-state index >= 15 is 0 Å². The van der Waals surface area contributed by atoms with Gasteiger partial charge < -0.3 is 9.84 Å². The highest BCUT2D eigenvalue weighted by atomic mass is 32.2. The number of ether oxygens (including phenoxy) is 1. The molecule has 1 aliphatic heterocycles. The fraction of sp³-hybridized carbons (Fsp3) is 0.417. The number of aliphatic hydroxyl groups is 1. The van der Waals surface area contributed by atoms with Crippen molar-refractivity contribution in [3.63, 3.8) is 0 Å². The Morgan fingerprint density at radius 3 is 2.74 bits per heavy atom. The van der Waals surface area contributed by atoms with Crippen LogP contribution < -0.4 is 0 Å². The lowest BCUT2D eigenvalue weighted by Crippen LogP contribution is -2.53. The maximum atomic E-state index is 12.0. The molecule has 1 saturated heterocycles. The molecule has 0 aromatic heterocycles. The van der Waals surface area contributed by atoms with Crippen LogP contribution in [0.4, 0.5) is 0 Å². The molecular weight excluding hydrogens is 270 g/mol. The molecule has 0 radical (unpaired) electrons. The summed E-state index contributed by atoms with van der Waals surface area (Å²) in [5.41, 5.74) is 0.836. The van der Waals surface area contributed by atoms with Gasteiger partial charge in [-0.2, -0.15) is 4.31 Å². The summed E-state index contributed by atoms with van der Waals surface area (Å²) in [6.45, 7) is 0.276. The number of methoxy groups -OCH3 is 1. The zero-order chi connectivity index (χ0) is 14.0. The molecule has 1 fully saturated rings. The molecule has 0 amide bonds. The standard InChI is InChI=1S/C12H15NO5S/c1-18-12(15)10-4-2-3-9(5-10)8-19(16,17)13-6-11(14)7-13/h2-5,11,14H,6-8H2,1H3. The molecule has 0 saturated carbocycles. The van der Waals surface area contributed by atoms with Crippen LogP contribution in [-0.2, 0) is 20.5 Å². The van der Waals surface area contributed by atoms with Gasteiger partial charge >= 0.3 is 5.97 Å². The molecule has 1 aromatic carbocycles. The van der Waals surface area contributed by atoms with E-state index in [2.05, 4.69) is 4.74 Å². The maximum Gasteiger partial charge on any atom is 0.337 e. The second kappa shape index (κ2) is 5.28. The Hall–Kier alpha value is -1.44. The molecule has 0 atom stereocenters. The van der Waals surface area contributed by atoms with Gasteiger partial charge in [0, 0.05) is 13.1 Å². The first-order valence-corrected chi connectivity index (χ1v) is 7.36. The van der Waals surface area contributed by atoms with Crippen molar-refractivity contribution in [1.29, 1.82) is 0 Å². The molecule has 1 heterocycles. The van der Waals surface area contributed by atoms with Gasteiger partial charge in [0.05, 0.1) is 24.5 Å². The third-order valence-corrected chi connectivity index (χ3v) is 4.70. The Bertz CT molecular complexity index is 578. The summed E-state index contributed by atoms with van der Waals surface area (Å²) < 4.78 is 29.8. The third kappa shape index (κ3) is 3.12. The lowest BCUT2D eigenvalue weighted by molar-refractivity contribution is 0.0547. The second-order valence-electron chi connectivity index (χ2n) is 4.42. The van der Waals surface area contributed by atoms with Crippen LogP contribution >= 0.6 is 0 Å². The molecule has 1 N–H and O–H groups in total. The zero-order valence-corrected chi connectivity index (χ0v) is 11.3. The zero-order valence-electron chi connectivity index (χ0n) is 10.4. The molecule has 7 heteroatoms. The number of hydrogen-bond acceptors (Lipinski definition) is 5. The second-order valence-corrected chi connectivity index (χ2v) is 6.39. The van der Waals surface area contributed by atoms with Gasteiger partial charge in [0.2, 0.25) is 10.0 Å². The average Bonchev–Trinajstić information content (AvgIpc) is 2.33. The molecular formula is C12H15NO5S. The monoisotopic (exact) mass is 285 g/mol. The van der Waals surface area contributed by atoms with Gasteiger partial charge in [-0.1, -0.05) is 12.1 Å². The van der Waals surface area contributed by atoms with E-state index in [9.17, 15) is 13.2 Å². The van der Waals surface area contributed by atoms with E-state index < -0.39 is 22.1 Å². The molecule has 2 rings (SSSR count). The average molecular weight is 285 g/mol. The minimum Gasteiger partial charge on any atom is -0.465 e. The lowest BCUT2D eigenvalue weighted by atomic mass is 10.1. The lowest BCUT2D eigenvalue weighted by Gasteiger charge is -2.34. The van der Waals surface area contributed by atoms with E-state index in [1.165, 1.54) is 17.5 Å². The fourth-order valence-corrected chi connectivity index (χ4v) is 3.43. The van der Waals surface area contributed by atoms with Crippen LogP contribution in [0.25, 0.3) is 0 Å². The number of nitrogens with zero attached hydrogens (tertiary/aromatic N) is 1. The highest BCUT2D eigenvalue weighted by molar-refractivity contribution is 7.88. The predicted molar refractivity (Wildman–Crippen MR) is 68.0 cm³/mol. The van der Waals surface area contributed by atoms with E-state index in [1.54, 1.807) is 18.2 Å². The van der Waals surface area contributed by atoms with Gasteiger partial charge in [0.1, 0.15) is 0 Å². The van der Waals surface area contributed by atoms with Crippen molar-refractivity contribution in [2.75, 3.05) is 20.2 Å². The van der Waals surface area contributed by atoms with Gasteiger partial charge in [0.25, 0.3) is 0 Å². The molecule has 1 aliphatic rings. The smallest absolute Gasteiger partial charge is 0.337 e. The van der Waals surface area contributed by atoms with Gasteiger partial charge in [-0.15, -0.1) is 0 Å². The summed E-state index contributed by atoms with van der Waals surface area (Å²) in [4.78, 5) is 11.4. The van der Waals surface area contributed by atoms with Gasteiger partial charge in [0.15, 0.2) is 0 Å². The van der Waals surface area contributed by atoms with E-state index in [1.807, 2.05) is 0 Å². The first kappa shape index (κ1) is 14.0. The third-order valence-electron chi connectivity index (χ3n) is 2.92. The Labute approximate surface area is 111 Å². The number of benzene rings is 1. The molecule has 19 heavy (non-hydrogen) atoms. The van der Waals surface area contributed by atoms with Crippen molar-refractivity contribution < 1.29 is 23.1 Å². The number of β-amino-alcohol motifs (C(OH)–C–C–N with tert-alkyl or cyclic N) is 1. The number of hydrogen-bond donors (Lipinski definition) is 1. The highest BCUT2D eigenvalue weighted by Gasteiger charge is 2.34. The number of carbonyl (C=O) groups is 1. The van der Waals surface area contributed by atoms with Crippen LogP contribution in [0.15, 0.2) is 24.3 Å². The van der Waals surface area contributed by atoms with Crippen LogP contribution in [0.3, 0.4) is 0 Å². The Kier molecular flexibility index (Phi) is 3.88. The summed E-state index contributed by atoms with van der Waals surface area (Å²) in [7, 11) is -2.17. The number of sulfonamides is 1. The van der Waals surface area contributed by atoms with Crippen molar-refractivity contribution in [2.24, 2.45) is 0 Å². The Morgan fingerprint density at radius 1 is 1.47 bits per heavy atom. The SMILES string of the molecule is COC(=O)c1cccc(CS(=O)(=O)N2CC(O)C2)c1. The van der Waals surface area contributed by atoms with Gasteiger partial charge in [-0.05, 0) is 17.7 Å². The summed E-state index contributed by atoms with van der Waals surface area (Å²) in [6.07, 6.45) is -0.573. The molecule has 0 spiro atoms. The molecule has 104 valence electrons. The summed E-state index contributed by atoms with van der Waals surface area (Å²) in [5, 5.41) is 9.13. The fourth-order valence-electron chi connectivity index (χ4n) is 1.85. The van der Waals surface area contributed by atoms with Crippen LogP contribution in [0.2, 0.25) is 0 Å². The van der Waals surface area contributed by atoms with Crippen LogP contribution in [0.1, 0.15) is 15.9 Å². The maximum absolute atomic E-state index is 12.0. The molecule has 0 bridgehead atoms. The number of carbonyl (C=O) groups excluding carboxylic acids is 1. The summed E-state index contributed by atoms with van der Waals surface area (Å²) in [5.74, 6) is -0.691. The quantitative estimate of drug-likeness (QED) is 0.786. The van der Waals surface area contributed by atoms with Crippen molar-refractivity contribution >= 4 is 16.0 Å². The van der Waals surface area contributed by atoms with Crippen molar-refractivity contribution in [3.8, 4) is 0 Å². The van der Waals surface area contributed by atoms with Crippen LogP contribution in [-0.4, -0.2) is 50.1 Å². The topological polar surface area (TPSA) is 83.9 Å². The largest absolute Gasteiger partial charge is 0.465 e.